The second-order valence-electron chi connectivity index (χ2n) is 6.59. The summed E-state index contributed by atoms with van der Waals surface area (Å²) in [7, 11) is 2.01. The van der Waals surface area contributed by atoms with Crippen molar-refractivity contribution in [3.8, 4) is 0 Å². The van der Waals surface area contributed by atoms with Crippen molar-refractivity contribution in [3.63, 3.8) is 0 Å². The fourth-order valence-corrected chi connectivity index (χ4v) is 3.17. The van der Waals surface area contributed by atoms with Gasteiger partial charge in [0, 0.05) is 13.6 Å². The van der Waals surface area contributed by atoms with Crippen LogP contribution in [0.4, 0.5) is 0 Å². The van der Waals surface area contributed by atoms with Crippen LogP contribution < -0.4 is 5.32 Å². The molecule has 122 valence electrons. The van der Waals surface area contributed by atoms with Gasteiger partial charge in [0.25, 0.3) is 0 Å². The zero-order chi connectivity index (χ0) is 16.0. The largest absolute Gasteiger partial charge is 0.316 e. The number of aryl methyl sites for hydroxylation is 2. The van der Waals surface area contributed by atoms with Crippen LogP contribution in [0, 0.1) is 11.3 Å². The summed E-state index contributed by atoms with van der Waals surface area (Å²) in [6.07, 6.45) is 4.19. The van der Waals surface area contributed by atoms with Crippen molar-refractivity contribution in [1.82, 2.24) is 15.1 Å². The monoisotopic (exact) mass is 313 g/mol. The fraction of sp³-hybridized carbons (Fsp3) is 0.824. The molecule has 0 bridgehead atoms. The Labute approximate surface area is 135 Å². The molecule has 0 saturated heterocycles. The maximum atomic E-state index is 6.53. The molecule has 3 nitrogen and oxygen atoms in total. The van der Waals surface area contributed by atoms with E-state index < -0.39 is 0 Å². The van der Waals surface area contributed by atoms with Gasteiger partial charge in [0.05, 0.1) is 16.4 Å². The van der Waals surface area contributed by atoms with E-state index >= 15 is 0 Å². The van der Waals surface area contributed by atoms with Crippen LogP contribution in [0.15, 0.2) is 0 Å². The average molecular weight is 314 g/mol. The molecule has 21 heavy (non-hydrogen) atoms. The first kappa shape index (κ1) is 18.5. The van der Waals surface area contributed by atoms with Gasteiger partial charge in [-0.15, -0.1) is 0 Å². The maximum absolute atomic E-state index is 6.53. The highest BCUT2D eigenvalue weighted by molar-refractivity contribution is 6.31. The van der Waals surface area contributed by atoms with Gasteiger partial charge in [-0.3, -0.25) is 4.68 Å². The molecule has 4 heteroatoms. The minimum Gasteiger partial charge on any atom is -0.316 e. The molecule has 0 radical (unpaired) electrons. The molecule has 1 N–H and O–H groups in total. The molecule has 0 fully saturated rings. The van der Waals surface area contributed by atoms with Gasteiger partial charge >= 0.3 is 0 Å². The molecule has 0 spiro atoms. The van der Waals surface area contributed by atoms with Crippen molar-refractivity contribution in [2.75, 3.05) is 13.1 Å². The number of halogens is 1. The van der Waals surface area contributed by atoms with Gasteiger partial charge < -0.3 is 5.32 Å². The lowest BCUT2D eigenvalue weighted by molar-refractivity contribution is 0.238. The third-order valence-electron chi connectivity index (χ3n) is 4.60. The molecule has 0 unspecified atom stereocenters. The van der Waals surface area contributed by atoms with Crippen molar-refractivity contribution in [3.05, 3.63) is 16.4 Å². The highest BCUT2D eigenvalue weighted by atomic mass is 35.5. The molecule has 1 aromatic heterocycles. The van der Waals surface area contributed by atoms with E-state index in [1.807, 2.05) is 11.7 Å². The summed E-state index contributed by atoms with van der Waals surface area (Å²) in [5.74, 6) is 0.684. The number of aromatic nitrogens is 2. The van der Waals surface area contributed by atoms with Crippen LogP contribution in [0.25, 0.3) is 0 Å². The van der Waals surface area contributed by atoms with E-state index in [4.69, 9.17) is 11.6 Å². The van der Waals surface area contributed by atoms with E-state index in [1.54, 1.807) is 0 Å². The van der Waals surface area contributed by atoms with Gasteiger partial charge in [0.15, 0.2) is 0 Å². The first-order valence-electron chi connectivity index (χ1n) is 8.30. The predicted octanol–water partition coefficient (Wildman–Crippen LogP) is 4.23. The summed E-state index contributed by atoms with van der Waals surface area (Å²) in [6.45, 7) is 13.3. The maximum Gasteiger partial charge on any atom is 0.0849 e. The molecule has 0 atom stereocenters. The number of nitrogens with zero attached hydrogens (tertiary/aromatic N) is 2. The summed E-state index contributed by atoms with van der Waals surface area (Å²) in [5, 5.41) is 9.06. The molecule has 1 heterocycles. The van der Waals surface area contributed by atoms with Crippen LogP contribution in [0.2, 0.25) is 5.02 Å². The minimum absolute atomic E-state index is 0.261. The van der Waals surface area contributed by atoms with E-state index in [9.17, 15) is 0 Å². The van der Waals surface area contributed by atoms with Gasteiger partial charge in [0.2, 0.25) is 0 Å². The van der Waals surface area contributed by atoms with Crippen molar-refractivity contribution >= 4 is 11.6 Å². The predicted molar refractivity (Wildman–Crippen MR) is 92.0 cm³/mol. The molecule has 0 aliphatic carbocycles. The van der Waals surface area contributed by atoms with E-state index in [0.717, 1.165) is 49.5 Å². The Morgan fingerprint density at radius 2 is 1.86 bits per heavy atom. The Balaban J connectivity index is 2.89. The van der Waals surface area contributed by atoms with Crippen molar-refractivity contribution in [1.29, 1.82) is 0 Å². The summed E-state index contributed by atoms with van der Waals surface area (Å²) >= 11 is 6.53. The molecular weight excluding hydrogens is 282 g/mol. The molecule has 0 amide bonds. The van der Waals surface area contributed by atoms with Gasteiger partial charge in [0.1, 0.15) is 0 Å². The third kappa shape index (κ3) is 4.72. The van der Waals surface area contributed by atoms with Gasteiger partial charge in [-0.05, 0) is 43.6 Å². The molecule has 0 aliphatic rings. The lowest BCUT2D eigenvalue weighted by Crippen LogP contribution is -2.37. The molecule has 0 saturated carbocycles. The summed E-state index contributed by atoms with van der Waals surface area (Å²) < 4.78 is 1.98. The second-order valence-corrected chi connectivity index (χ2v) is 6.97. The van der Waals surface area contributed by atoms with Gasteiger partial charge in [-0.2, -0.15) is 5.10 Å². The Morgan fingerprint density at radius 1 is 1.24 bits per heavy atom. The number of hydrogen-bond donors (Lipinski definition) is 1. The molecule has 1 rings (SSSR count). The number of nitrogens with one attached hydrogen (secondary N) is 1. The fourth-order valence-electron chi connectivity index (χ4n) is 2.81. The third-order valence-corrected chi connectivity index (χ3v) is 5.03. The topological polar surface area (TPSA) is 29.9 Å². The SMILES string of the molecule is CCc1nn(C)c(CC(CC)(CC)CNCC(C)C)c1Cl. The van der Waals surface area contributed by atoms with Gasteiger partial charge in [-0.25, -0.2) is 0 Å². The van der Waals surface area contributed by atoms with Crippen LogP contribution >= 0.6 is 11.6 Å². The molecule has 0 aliphatic heterocycles. The van der Waals surface area contributed by atoms with Crippen molar-refractivity contribution < 1.29 is 0 Å². The smallest absolute Gasteiger partial charge is 0.0849 e. The van der Waals surface area contributed by atoms with Crippen LogP contribution in [0.3, 0.4) is 0 Å². The van der Waals surface area contributed by atoms with E-state index in [2.05, 4.69) is 45.0 Å². The Morgan fingerprint density at radius 3 is 2.29 bits per heavy atom. The second kappa shape index (κ2) is 8.19. The lowest BCUT2D eigenvalue weighted by Gasteiger charge is -2.32. The van der Waals surface area contributed by atoms with Crippen LogP contribution in [-0.2, 0) is 19.9 Å². The van der Waals surface area contributed by atoms with Crippen LogP contribution in [0.1, 0.15) is 58.8 Å². The van der Waals surface area contributed by atoms with Crippen molar-refractivity contribution in [2.24, 2.45) is 18.4 Å². The summed E-state index contributed by atoms with van der Waals surface area (Å²) in [5.41, 5.74) is 2.46. The standard InChI is InChI=1S/C17H32ClN3/c1-7-14-16(18)15(21(6)20-14)10-17(8-2,9-3)12-19-11-13(4)5/h13,19H,7-12H2,1-6H3. The van der Waals surface area contributed by atoms with Crippen LogP contribution in [0.5, 0.6) is 0 Å². The minimum atomic E-state index is 0.261. The van der Waals surface area contributed by atoms with Gasteiger partial charge in [-0.1, -0.05) is 46.2 Å². The Kier molecular flexibility index (Phi) is 7.22. The quantitative estimate of drug-likeness (QED) is 0.739. The highest BCUT2D eigenvalue weighted by Crippen LogP contribution is 2.34. The Hall–Kier alpha value is -0.540. The number of rotatable bonds is 9. The van der Waals surface area contributed by atoms with Crippen molar-refractivity contribution in [2.45, 2.75) is 60.3 Å². The molecular formula is C17H32ClN3. The highest BCUT2D eigenvalue weighted by Gasteiger charge is 2.29. The van der Waals surface area contributed by atoms with E-state index in [1.165, 1.54) is 5.69 Å². The lowest BCUT2D eigenvalue weighted by atomic mass is 9.78. The van der Waals surface area contributed by atoms with E-state index in [0.29, 0.717) is 5.92 Å². The normalized spacial score (nSPS) is 12.4. The molecule has 0 aromatic carbocycles. The average Bonchev–Trinajstić information content (AvgIpc) is 2.72. The van der Waals surface area contributed by atoms with Crippen LogP contribution in [-0.4, -0.2) is 22.9 Å². The zero-order valence-electron chi connectivity index (χ0n) is 14.6. The zero-order valence-corrected chi connectivity index (χ0v) is 15.3. The first-order chi connectivity index (χ1) is 9.89. The molecule has 1 aromatic rings. The Bertz CT molecular complexity index is 433. The summed E-state index contributed by atoms with van der Waals surface area (Å²) in [6, 6.07) is 0. The number of hydrogen-bond acceptors (Lipinski definition) is 2. The summed E-state index contributed by atoms with van der Waals surface area (Å²) in [4.78, 5) is 0. The first-order valence-corrected chi connectivity index (χ1v) is 8.67. The van der Waals surface area contributed by atoms with E-state index in [-0.39, 0.29) is 5.41 Å².